The second-order valence-corrected chi connectivity index (χ2v) is 5.05. The molecule has 2 aliphatic heterocycles. The number of ether oxygens (including phenoxy) is 2. The zero-order chi connectivity index (χ0) is 14.8. The highest BCUT2D eigenvalue weighted by Crippen LogP contribution is 2.42. The van der Waals surface area contributed by atoms with Crippen molar-refractivity contribution in [3.05, 3.63) is 44.6 Å². The third-order valence-electron chi connectivity index (χ3n) is 3.68. The van der Waals surface area contributed by atoms with Gasteiger partial charge in [0.15, 0.2) is 11.4 Å². The van der Waals surface area contributed by atoms with Gasteiger partial charge >= 0.3 is 5.69 Å². The molecule has 1 atom stereocenters. The quantitative estimate of drug-likeness (QED) is 0.419. The maximum Gasteiger partial charge on any atom is 0.350 e. The molecule has 9 heteroatoms. The van der Waals surface area contributed by atoms with E-state index in [1.807, 2.05) is 0 Å². The van der Waals surface area contributed by atoms with Gasteiger partial charge in [0.05, 0.1) is 11.5 Å². The Hall–Kier alpha value is -2.68. The molecule has 2 aromatic rings. The molecule has 1 saturated heterocycles. The summed E-state index contributed by atoms with van der Waals surface area (Å²) in [7, 11) is 1.53. The number of aryl methyl sites for hydroxylation is 1. The number of hydrogen-bond acceptors (Lipinski definition) is 6. The van der Waals surface area contributed by atoms with Crippen LogP contribution in [0.5, 0.6) is 5.75 Å². The molecule has 0 bridgehead atoms. The van der Waals surface area contributed by atoms with Gasteiger partial charge in [0.25, 0.3) is 5.69 Å². The highest BCUT2D eigenvalue weighted by Gasteiger charge is 2.54. The standard InChI is InChI=1S/C12H10N4O5/c1-14-11(17)15-8-4-7(16(18)19)2-3-9(8)20-5-12(6-21-12)10(15)13-14/h2-4H,5-6H2,1H3. The van der Waals surface area contributed by atoms with E-state index >= 15 is 0 Å². The molecule has 2 aliphatic rings. The van der Waals surface area contributed by atoms with Crippen LogP contribution in [0, 0.1) is 10.1 Å². The molecule has 1 fully saturated rings. The fourth-order valence-electron chi connectivity index (χ4n) is 2.45. The van der Waals surface area contributed by atoms with Crippen LogP contribution >= 0.6 is 0 Å². The van der Waals surface area contributed by atoms with Gasteiger partial charge in [-0.2, -0.15) is 5.10 Å². The molecule has 3 heterocycles. The van der Waals surface area contributed by atoms with Crippen LogP contribution in [0.25, 0.3) is 5.69 Å². The third kappa shape index (κ3) is 1.54. The molecule has 0 radical (unpaired) electrons. The lowest BCUT2D eigenvalue weighted by molar-refractivity contribution is -0.384. The number of epoxide rings is 1. The van der Waals surface area contributed by atoms with Crippen molar-refractivity contribution in [2.45, 2.75) is 5.60 Å². The minimum atomic E-state index is -0.742. The van der Waals surface area contributed by atoms with Gasteiger partial charge in [-0.3, -0.25) is 10.1 Å². The maximum atomic E-state index is 12.3. The van der Waals surface area contributed by atoms with Crippen LogP contribution in [0.2, 0.25) is 0 Å². The van der Waals surface area contributed by atoms with E-state index < -0.39 is 16.2 Å². The topological polar surface area (TPSA) is 105 Å². The van der Waals surface area contributed by atoms with E-state index in [4.69, 9.17) is 9.47 Å². The highest BCUT2D eigenvalue weighted by atomic mass is 16.6. The number of nitro groups is 1. The van der Waals surface area contributed by atoms with Crippen LogP contribution in [0.4, 0.5) is 5.69 Å². The van der Waals surface area contributed by atoms with E-state index in [-0.39, 0.29) is 12.3 Å². The van der Waals surface area contributed by atoms with Gasteiger partial charge in [-0.05, 0) is 6.07 Å². The van der Waals surface area contributed by atoms with Gasteiger partial charge in [-0.25, -0.2) is 14.0 Å². The molecule has 0 saturated carbocycles. The van der Waals surface area contributed by atoms with Crippen LogP contribution in [0.1, 0.15) is 5.82 Å². The monoisotopic (exact) mass is 290 g/mol. The van der Waals surface area contributed by atoms with Gasteiger partial charge in [0.1, 0.15) is 18.0 Å². The first-order valence-electron chi connectivity index (χ1n) is 6.24. The Labute approximate surface area is 117 Å². The molecule has 21 heavy (non-hydrogen) atoms. The summed E-state index contributed by atoms with van der Waals surface area (Å²) in [6.45, 7) is 0.619. The van der Waals surface area contributed by atoms with Crippen molar-refractivity contribution in [1.29, 1.82) is 0 Å². The predicted octanol–water partition coefficient (Wildman–Crippen LogP) is 0.0971. The van der Waals surface area contributed by atoms with Gasteiger partial charge in [0.2, 0.25) is 0 Å². The number of benzene rings is 1. The number of nitro benzene ring substituents is 1. The van der Waals surface area contributed by atoms with Crippen molar-refractivity contribution in [3.8, 4) is 11.4 Å². The van der Waals surface area contributed by atoms with Crippen LogP contribution in [0.15, 0.2) is 23.0 Å². The molecule has 108 valence electrons. The van der Waals surface area contributed by atoms with E-state index in [9.17, 15) is 14.9 Å². The molecule has 4 rings (SSSR count). The molecule has 0 N–H and O–H groups in total. The van der Waals surface area contributed by atoms with Crippen molar-refractivity contribution in [3.63, 3.8) is 0 Å². The van der Waals surface area contributed by atoms with Crippen molar-refractivity contribution >= 4 is 5.69 Å². The molecule has 0 amide bonds. The van der Waals surface area contributed by atoms with E-state index in [1.165, 1.54) is 34.5 Å². The van der Waals surface area contributed by atoms with E-state index in [0.717, 1.165) is 0 Å². The van der Waals surface area contributed by atoms with Crippen LogP contribution in [-0.4, -0.2) is 32.5 Å². The van der Waals surface area contributed by atoms with Crippen molar-refractivity contribution in [2.24, 2.45) is 7.05 Å². The Balaban J connectivity index is 2.04. The zero-order valence-electron chi connectivity index (χ0n) is 11.0. The second kappa shape index (κ2) is 3.70. The summed E-state index contributed by atoms with van der Waals surface area (Å²) >= 11 is 0. The Morgan fingerprint density at radius 3 is 2.86 bits per heavy atom. The molecule has 1 aromatic heterocycles. The third-order valence-corrected chi connectivity index (χ3v) is 3.68. The summed E-state index contributed by atoms with van der Waals surface area (Å²) in [4.78, 5) is 22.7. The second-order valence-electron chi connectivity index (χ2n) is 5.05. The number of non-ortho nitro benzene ring substituents is 1. The fourth-order valence-corrected chi connectivity index (χ4v) is 2.45. The SMILES string of the molecule is Cn1nc2n(c1=O)-c1cc([N+](=O)[O-])ccc1OCC21CO1. The Morgan fingerprint density at radius 1 is 1.43 bits per heavy atom. The number of aromatic nitrogens is 3. The lowest BCUT2D eigenvalue weighted by Gasteiger charge is -2.07. The normalized spacial score (nSPS) is 22.1. The number of rotatable bonds is 1. The fraction of sp³-hybridized carbons (Fsp3) is 0.333. The van der Waals surface area contributed by atoms with Crippen molar-refractivity contribution < 1.29 is 14.4 Å². The van der Waals surface area contributed by atoms with Gasteiger partial charge in [0, 0.05) is 19.2 Å². The smallest absolute Gasteiger partial charge is 0.350 e. The predicted molar refractivity (Wildman–Crippen MR) is 68.6 cm³/mol. The highest BCUT2D eigenvalue weighted by molar-refractivity contribution is 5.55. The first-order chi connectivity index (χ1) is 10.0. The molecule has 1 unspecified atom stereocenters. The Morgan fingerprint density at radius 2 is 2.19 bits per heavy atom. The average Bonchev–Trinajstić information content (AvgIpc) is 3.21. The van der Waals surface area contributed by atoms with Gasteiger partial charge in [-0.15, -0.1) is 0 Å². The minimum absolute atomic E-state index is 0.119. The number of fused-ring (bicyclic) bond motifs is 4. The Kier molecular flexibility index (Phi) is 2.13. The number of nitrogens with zero attached hydrogens (tertiary/aromatic N) is 4. The number of hydrogen-bond donors (Lipinski definition) is 0. The van der Waals surface area contributed by atoms with Gasteiger partial charge in [-0.1, -0.05) is 0 Å². The summed E-state index contributed by atoms with van der Waals surface area (Å²) < 4.78 is 13.6. The first kappa shape index (κ1) is 12.1. The summed E-state index contributed by atoms with van der Waals surface area (Å²) in [6.07, 6.45) is 0. The van der Waals surface area contributed by atoms with E-state index in [2.05, 4.69) is 5.10 Å². The molecule has 1 spiro atoms. The van der Waals surface area contributed by atoms with Crippen LogP contribution in [-0.2, 0) is 17.4 Å². The lowest BCUT2D eigenvalue weighted by atomic mass is 10.1. The molecule has 9 nitrogen and oxygen atoms in total. The summed E-state index contributed by atoms with van der Waals surface area (Å²) in [6, 6.07) is 4.13. The van der Waals surface area contributed by atoms with E-state index in [1.54, 1.807) is 0 Å². The van der Waals surface area contributed by atoms with Crippen LogP contribution < -0.4 is 10.4 Å². The first-order valence-corrected chi connectivity index (χ1v) is 6.24. The van der Waals surface area contributed by atoms with Crippen molar-refractivity contribution in [1.82, 2.24) is 14.3 Å². The summed E-state index contributed by atoms with van der Waals surface area (Å²) in [5.41, 5.74) is -0.947. The molecular formula is C12H10N4O5. The van der Waals surface area contributed by atoms with Crippen LogP contribution in [0.3, 0.4) is 0 Å². The largest absolute Gasteiger partial charge is 0.488 e. The summed E-state index contributed by atoms with van der Waals surface area (Å²) in [5.74, 6) is 0.804. The van der Waals surface area contributed by atoms with E-state index in [0.29, 0.717) is 23.9 Å². The summed E-state index contributed by atoms with van der Waals surface area (Å²) in [5, 5.41) is 15.1. The van der Waals surface area contributed by atoms with Gasteiger partial charge < -0.3 is 9.47 Å². The average molecular weight is 290 g/mol. The molecule has 1 aromatic carbocycles. The zero-order valence-corrected chi connectivity index (χ0v) is 11.0. The molecular weight excluding hydrogens is 280 g/mol. The Bertz CT molecular complexity index is 833. The van der Waals surface area contributed by atoms with Crippen molar-refractivity contribution in [2.75, 3.05) is 13.2 Å². The minimum Gasteiger partial charge on any atom is -0.488 e. The lowest BCUT2D eigenvalue weighted by Crippen LogP contribution is -2.24. The maximum absolute atomic E-state index is 12.3. The molecule has 0 aliphatic carbocycles.